The second-order valence-electron chi connectivity index (χ2n) is 4.38. The van der Waals surface area contributed by atoms with E-state index in [1.807, 2.05) is 13.8 Å². The van der Waals surface area contributed by atoms with Crippen LogP contribution in [0, 0.1) is 0 Å². The van der Waals surface area contributed by atoms with Crippen molar-refractivity contribution in [3.63, 3.8) is 0 Å². The van der Waals surface area contributed by atoms with Crippen molar-refractivity contribution in [3.8, 4) is 0 Å². The summed E-state index contributed by atoms with van der Waals surface area (Å²) in [7, 11) is -3.16. The summed E-state index contributed by atoms with van der Waals surface area (Å²) < 4.78 is 22.6. The third-order valence-corrected chi connectivity index (χ3v) is 3.79. The van der Waals surface area contributed by atoms with Gasteiger partial charge in [0.1, 0.15) is 0 Å². The molecule has 0 radical (unpaired) electrons. The molecule has 18 heavy (non-hydrogen) atoms. The lowest BCUT2D eigenvalue weighted by Crippen LogP contribution is -2.26. The molecule has 0 aliphatic rings. The average Bonchev–Trinajstić information content (AvgIpc) is 2.28. The van der Waals surface area contributed by atoms with E-state index < -0.39 is 9.84 Å². The zero-order valence-electron chi connectivity index (χ0n) is 10.9. The molecule has 1 atom stereocenters. The molecule has 100 valence electrons. The molecule has 1 aromatic carbocycles. The standard InChI is InChI=1S/C13H19NO3S/c1-4-5-13(15)14-10(2)11-6-8-12(9-7-11)18(3,16)17/h6-10H,4-5H2,1-3H3,(H,14,15)/t10-/m0/s1. The Kier molecular flexibility index (Phi) is 4.90. The number of amides is 1. The summed E-state index contributed by atoms with van der Waals surface area (Å²) in [5, 5.41) is 2.87. The van der Waals surface area contributed by atoms with Crippen molar-refractivity contribution < 1.29 is 13.2 Å². The van der Waals surface area contributed by atoms with Crippen molar-refractivity contribution in [2.75, 3.05) is 6.26 Å². The minimum absolute atomic E-state index is 0.0113. The van der Waals surface area contributed by atoms with E-state index in [0.717, 1.165) is 12.0 Å². The highest BCUT2D eigenvalue weighted by atomic mass is 32.2. The summed E-state index contributed by atoms with van der Waals surface area (Å²) in [6, 6.07) is 6.47. The van der Waals surface area contributed by atoms with E-state index in [1.165, 1.54) is 6.26 Å². The van der Waals surface area contributed by atoms with Gasteiger partial charge >= 0.3 is 0 Å². The van der Waals surface area contributed by atoms with E-state index in [1.54, 1.807) is 24.3 Å². The maximum atomic E-state index is 11.4. The molecule has 0 aliphatic carbocycles. The van der Waals surface area contributed by atoms with Gasteiger partial charge in [-0.2, -0.15) is 0 Å². The van der Waals surface area contributed by atoms with Gasteiger partial charge in [-0.3, -0.25) is 4.79 Å². The van der Waals surface area contributed by atoms with Crippen LogP contribution in [0.25, 0.3) is 0 Å². The maximum Gasteiger partial charge on any atom is 0.220 e. The third kappa shape index (κ3) is 4.14. The van der Waals surface area contributed by atoms with Gasteiger partial charge < -0.3 is 5.32 Å². The molecule has 5 heteroatoms. The molecule has 1 amide bonds. The van der Waals surface area contributed by atoms with Crippen molar-refractivity contribution >= 4 is 15.7 Å². The number of sulfone groups is 1. The lowest BCUT2D eigenvalue weighted by atomic mass is 10.1. The number of carbonyl (C=O) groups excluding carboxylic acids is 1. The Bertz CT molecular complexity index is 506. The lowest BCUT2D eigenvalue weighted by molar-refractivity contribution is -0.121. The van der Waals surface area contributed by atoms with Crippen LogP contribution in [-0.2, 0) is 14.6 Å². The second kappa shape index (κ2) is 6.00. The van der Waals surface area contributed by atoms with Gasteiger partial charge in [-0.25, -0.2) is 8.42 Å². The third-order valence-electron chi connectivity index (χ3n) is 2.66. The molecule has 0 unspecified atom stereocenters. The first kappa shape index (κ1) is 14.7. The molecule has 1 rings (SSSR count). The maximum absolute atomic E-state index is 11.4. The first-order valence-electron chi connectivity index (χ1n) is 5.94. The molecule has 0 heterocycles. The van der Waals surface area contributed by atoms with Crippen LogP contribution < -0.4 is 5.32 Å². The van der Waals surface area contributed by atoms with Crippen molar-refractivity contribution in [1.82, 2.24) is 5.32 Å². The SMILES string of the molecule is CCCC(=O)N[C@@H](C)c1ccc(S(C)(=O)=O)cc1. The number of carbonyl (C=O) groups is 1. The van der Waals surface area contributed by atoms with Crippen molar-refractivity contribution in [2.45, 2.75) is 37.6 Å². The number of hydrogen-bond donors (Lipinski definition) is 1. The summed E-state index contributed by atoms with van der Waals surface area (Å²) in [4.78, 5) is 11.7. The molecule has 0 aromatic heterocycles. The first-order valence-corrected chi connectivity index (χ1v) is 7.83. The van der Waals surface area contributed by atoms with Crippen LogP contribution >= 0.6 is 0 Å². The highest BCUT2D eigenvalue weighted by Crippen LogP contribution is 2.16. The van der Waals surface area contributed by atoms with Gasteiger partial charge in [-0.1, -0.05) is 19.1 Å². The average molecular weight is 269 g/mol. The lowest BCUT2D eigenvalue weighted by Gasteiger charge is -2.14. The summed E-state index contributed by atoms with van der Waals surface area (Å²) >= 11 is 0. The van der Waals surface area contributed by atoms with E-state index in [2.05, 4.69) is 5.32 Å². The fourth-order valence-corrected chi connectivity index (χ4v) is 2.26. The van der Waals surface area contributed by atoms with Crippen LogP contribution in [0.5, 0.6) is 0 Å². The zero-order chi connectivity index (χ0) is 13.8. The second-order valence-corrected chi connectivity index (χ2v) is 6.40. The van der Waals surface area contributed by atoms with Gasteiger partial charge in [-0.05, 0) is 31.0 Å². The van der Waals surface area contributed by atoms with E-state index in [-0.39, 0.29) is 11.9 Å². The van der Waals surface area contributed by atoms with Crippen molar-refractivity contribution in [3.05, 3.63) is 29.8 Å². The molecule has 0 saturated carbocycles. The van der Waals surface area contributed by atoms with Gasteiger partial charge in [0.15, 0.2) is 9.84 Å². The Hall–Kier alpha value is -1.36. The number of hydrogen-bond acceptors (Lipinski definition) is 3. The quantitative estimate of drug-likeness (QED) is 0.890. The smallest absolute Gasteiger partial charge is 0.220 e. The van der Waals surface area contributed by atoms with Crippen molar-refractivity contribution in [2.24, 2.45) is 0 Å². The topological polar surface area (TPSA) is 63.2 Å². The molecular weight excluding hydrogens is 250 g/mol. The van der Waals surface area contributed by atoms with Crippen LogP contribution in [-0.4, -0.2) is 20.6 Å². The largest absolute Gasteiger partial charge is 0.350 e. The minimum Gasteiger partial charge on any atom is -0.350 e. The predicted molar refractivity (Wildman–Crippen MR) is 71.0 cm³/mol. The van der Waals surface area contributed by atoms with Crippen LogP contribution in [0.3, 0.4) is 0 Å². The molecule has 4 nitrogen and oxygen atoms in total. The van der Waals surface area contributed by atoms with Gasteiger partial charge in [-0.15, -0.1) is 0 Å². The molecule has 0 fully saturated rings. The van der Waals surface area contributed by atoms with Crippen LogP contribution in [0.1, 0.15) is 38.3 Å². The summed E-state index contributed by atoms with van der Waals surface area (Å²) in [6.45, 7) is 3.83. The molecule has 0 saturated heterocycles. The van der Waals surface area contributed by atoms with E-state index in [0.29, 0.717) is 11.3 Å². The van der Waals surface area contributed by atoms with Crippen LogP contribution in [0.15, 0.2) is 29.2 Å². The molecule has 1 N–H and O–H groups in total. The Morgan fingerprint density at radius 3 is 2.28 bits per heavy atom. The predicted octanol–water partition coefficient (Wildman–Crippen LogP) is 2.07. The first-order chi connectivity index (χ1) is 8.34. The van der Waals surface area contributed by atoms with E-state index >= 15 is 0 Å². The Labute approximate surface area is 108 Å². The monoisotopic (exact) mass is 269 g/mol. The van der Waals surface area contributed by atoms with Crippen LogP contribution in [0.2, 0.25) is 0 Å². The number of nitrogens with one attached hydrogen (secondary N) is 1. The Morgan fingerprint density at radius 2 is 1.83 bits per heavy atom. The summed E-state index contributed by atoms with van der Waals surface area (Å²) in [5.74, 6) is 0.0113. The number of rotatable bonds is 5. The Balaban J connectivity index is 2.76. The minimum atomic E-state index is -3.16. The summed E-state index contributed by atoms with van der Waals surface area (Å²) in [6.07, 6.45) is 2.49. The Morgan fingerprint density at radius 1 is 1.28 bits per heavy atom. The normalized spacial score (nSPS) is 13.1. The molecule has 1 aromatic rings. The van der Waals surface area contributed by atoms with Gasteiger partial charge in [0.25, 0.3) is 0 Å². The zero-order valence-corrected chi connectivity index (χ0v) is 11.8. The highest BCUT2D eigenvalue weighted by molar-refractivity contribution is 7.90. The van der Waals surface area contributed by atoms with Gasteiger partial charge in [0.05, 0.1) is 10.9 Å². The molecule has 0 aliphatic heterocycles. The molecule has 0 spiro atoms. The van der Waals surface area contributed by atoms with Gasteiger partial charge in [0, 0.05) is 12.7 Å². The molecular formula is C13H19NO3S. The summed E-state index contributed by atoms with van der Waals surface area (Å²) in [5.41, 5.74) is 0.895. The fourth-order valence-electron chi connectivity index (χ4n) is 1.63. The van der Waals surface area contributed by atoms with Crippen LogP contribution in [0.4, 0.5) is 0 Å². The van der Waals surface area contributed by atoms with Gasteiger partial charge in [0.2, 0.25) is 5.91 Å². The molecule has 0 bridgehead atoms. The fraction of sp³-hybridized carbons (Fsp3) is 0.462. The number of benzene rings is 1. The van der Waals surface area contributed by atoms with E-state index in [4.69, 9.17) is 0 Å². The van der Waals surface area contributed by atoms with E-state index in [9.17, 15) is 13.2 Å². The van der Waals surface area contributed by atoms with Crippen molar-refractivity contribution in [1.29, 1.82) is 0 Å². The highest BCUT2D eigenvalue weighted by Gasteiger charge is 2.11.